The minimum atomic E-state index is -0.700. The van der Waals surface area contributed by atoms with Crippen molar-refractivity contribution in [1.82, 2.24) is 10.2 Å². The number of amides is 3. The highest BCUT2D eigenvalue weighted by Gasteiger charge is 2.44. The number of urea groups is 1. The first-order valence-corrected chi connectivity index (χ1v) is 10.7. The summed E-state index contributed by atoms with van der Waals surface area (Å²) >= 11 is 0. The first-order chi connectivity index (χ1) is 15.6. The van der Waals surface area contributed by atoms with Crippen molar-refractivity contribution in [3.63, 3.8) is 0 Å². The van der Waals surface area contributed by atoms with E-state index in [1.165, 1.54) is 4.90 Å². The lowest BCUT2D eigenvalue weighted by atomic mass is 9.95. The Morgan fingerprint density at radius 1 is 1.16 bits per heavy atom. The molecule has 3 amide bonds. The van der Waals surface area contributed by atoms with Gasteiger partial charge >= 0.3 is 12.0 Å². The number of cyclic esters (lactones) is 1. The van der Waals surface area contributed by atoms with E-state index in [9.17, 15) is 14.4 Å². The monoisotopic (exact) mass is 433 g/mol. The Bertz CT molecular complexity index is 1140. The van der Waals surface area contributed by atoms with Gasteiger partial charge in [0, 0.05) is 17.8 Å². The summed E-state index contributed by atoms with van der Waals surface area (Å²) in [6.07, 6.45) is 0.778. The summed E-state index contributed by atoms with van der Waals surface area (Å²) in [7, 11) is 0. The van der Waals surface area contributed by atoms with Gasteiger partial charge in [0.15, 0.2) is 0 Å². The second kappa shape index (κ2) is 8.03. The van der Waals surface area contributed by atoms with Crippen molar-refractivity contribution in [2.75, 3.05) is 31.2 Å². The minimum absolute atomic E-state index is 0.0429. The maximum atomic E-state index is 13.1. The highest BCUT2D eigenvalue weighted by molar-refractivity contribution is 6.01. The quantitative estimate of drug-likeness (QED) is 0.733. The van der Waals surface area contributed by atoms with E-state index in [0.717, 1.165) is 17.7 Å². The Labute approximate surface area is 185 Å². The Balaban J connectivity index is 1.46. The topological polar surface area (TPSA) is 88.2 Å². The molecule has 3 aliphatic rings. The summed E-state index contributed by atoms with van der Waals surface area (Å²) in [5.41, 5.74) is 3.41. The van der Waals surface area contributed by atoms with Gasteiger partial charge in [0.05, 0.1) is 23.9 Å². The summed E-state index contributed by atoms with van der Waals surface area (Å²) in [5.74, 6) is -0.116. The summed E-state index contributed by atoms with van der Waals surface area (Å²) in [4.78, 5) is 41.9. The maximum absolute atomic E-state index is 13.1. The van der Waals surface area contributed by atoms with E-state index >= 15 is 0 Å². The van der Waals surface area contributed by atoms with Crippen LogP contribution in [-0.2, 0) is 20.7 Å². The molecule has 5 rings (SSSR count). The molecule has 0 bridgehead atoms. The average molecular weight is 433 g/mol. The zero-order valence-electron chi connectivity index (χ0n) is 17.7. The molecule has 8 nitrogen and oxygen atoms in total. The molecule has 0 spiro atoms. The van der Waals surface area contributed by atoms with Crippen LogP contribution >= 0.6 is 0 Å². The second-order valence-electron chi connectivity index (χ2n) is 7.80. The molecule has 3 heterocycles. The molecule has 1 atom stereocenters. The van der Waals surface area contributed by atoms with Crippen molar-refractivity contribution in [3.05, 3.63) is 70.9 Å². The van der Waals surface area contributed by atoms with Gasteiger partial charge in [0.1, 0.15) is 18.9 Å². The molecule has 8 heteroatoms. The summed E-state index contributed by atoms with van der Waals surface area (Å²) in [5, 5.41) is 2.88. The van der Waals surface area contributed by atoms with E-state index in [1.54, 1.807) is 11.0 Å². The van der Waals surface area contributed by atoms with Crippen LogP contribution in [0.25, 0.3) is 0 Å². The number of ether oxygens (including phenoxy) is 2. The van der Waals surface area contributed by atoms with Gasteiger partial charge < -0.3 is 19.7 Å². The van der Waals surface area contributed by atoms with Crippen LogP contribution in [0, 0.1) is 0 Å². The molecule has 2 aromatic rings. The number of carbonyl (C=O) groups is 3. The van der Waals surface area contributed by atoms with Crippen molar-refractivity contribution in [3.8, 4) is 5.75 Å². The highest BCUT2D eigenvalue weighted by atomic mass is 16.5. The molecule has 1 unspecified atom stereocenters. The largest absolute Gasteiger partial charge is 0.494 e. The van der Waals surface area contributed by atoms with Crippen LogP contribution in [-0.4, -0.2) is 49.1 Å². The molecule has 3 aliphatic heterocycles. The predicted octanol–water partition coefficient (Wildman–Crippen LogP) is 2.55. The predicted molar refractivity (Wildman–Crippen MR) is 116 cm³/mol. The van der Waals surface area contributed by atoms with Crippen molar-refractivity contribution in [2.45, 2.75) is 19.4 Å². The van der Waals surface area contributed by atoms with Crippen LogP contribution in [0.3, 0.4) is 0 Å². The van der Waals surface area contributed by atoms with Gasteiger partial charge in [-0.25, -0.2) is 9.59 Å². The molecule has 0 fully saturated rings. The number of fused-ring (bicyclic) bond motifs is 1. The lowest BCUT2D eigenvalue weighted by Crippen LogP contribution is -2.51. The van der Waals surface area contributed by atoms with Crippen LogP contribution in [0.5, 0.6) is 5.75 Å². The van der Waals surface area contributed by atoms with E-state index in [2.05, 4.69) is 5.32 Å². The fraction of sp³-hybridized carbons (Fsp3) is 0.292. The molecule has 0 radical (unpaired) electrons. The fourth-order valence-corrected chi connectivity index (χ4v) is 4.54. The SMILES string of the molecule is CCOc1ccccc1C1NC(=O)N(CC(=O)N2CCc3ccccc32)C2=C1C(=O)OC2. The number of hydrogen-bond donors (Lipinski definition) is 1. The number of benzene rings is 2. The van der Waals surface area contributed by atoms with Crippen LogP contribution in [0.4, 0.5) is 10.5 Å². The molecule has 32 heavy (non-hydrogen) atoms. The number of rotatable bonds is 5. The third-order valence-electron chi connectivity index (χ3n) is 6.01. The smallest absolute Gasteiger partial charge is 0.338 e. The maximum Gasteiger partial charge on any atom is 0.338 e. The number of nitrogens with zero attached hydrogens (tertiary/aromatic N) is 2. The fourth-order valence-electron chi connectivity index (χ4n) is 4.54. The zero-order chi connectivity index (χ0) is 22.2. The van der Waals surface area contributed by atoms with Gasteiger partial charge in [0.25, 0.3) is 0 Å². The van der Waals surface area contributed by atoms with E-state index in [1.807, 2.05) is 49.4 Å². The van der Waals surface area contributed by atoms with Gasteiger partial charge in [-0.1, -0.05) is 36.4 Å². The van der Waals surface area contributed by atoms with Gasteiger partial charge in [-0.3, -0.25) is 9.69 Å². The molecular formula is C24H23N3O5. The summed E-state index contributed by atoms with van der Waals surface area (Å²) < 4.78 is 11.0. The number of carbonyl (C=O) groups excluding carboxylic acids is 3. The number of esters is 1. The van der Waals surface area contributed by atoms with Gasteiger partial charge in [-0.2, -0.15) is 0 Å². The van der Waals surface area contributed by atoms with Crippen LogP contribution in [0.15, 0.2) is 59.8 Å². The molecule has 0 aliphatic carbocycles. The van der Waals surface area contributed by atoms with Gasteiger partial charge in [-0.05, 0) is 31.0 Å². The van der Waals surface area contributed by atoms with Crippen molar-refractivity contribution in [1.29, 1.82) is 0 Å². The Hall–Kier alpha value is -3.81. The number of hydrogen-bond acceptors (Lipinski definition) is 5. The molecular weight excluding hydrogens is 410 g/mol. The van der Waals surface area contributed by atoms with Crippen LogP contribution < -0.4 is 15.0 Å². The minimum Gasteiger partial charge on any atom is -0.494 e. The van der Waals surface area contributed by atoms with Crippen LogP contribution in [0.1, 0.15) is 24.1 Å². The zero-order valence-corrected chi connectivity index (χ0v) is 17.7. The molecule has 0 aromatic heterocycles. The number of anilines is 1. The second-order valence-corrected chi connectivity index (χ2v) is 7.80. The normalized spacial score (nSPS) is 19.5. The number of nitrogens with one attached hydrogen (secondary N) is 1. The summed E-state index contributed by atoms with van der Waals surface area (Å²) in [6.45, 7) is 2.67. The van der Waals surface area contributed by atoms with Crippen molar-refractivity contribution >= 4 is 23.6 Å². The standard InChI is InChI=1S/C24H23N3O5/c1-2-31-19-10-6-4-8-16(19)22-21-18(14-32-23(21)29)27(24(30)25-22)13-20(28)26-12-11-15-7-3-5-9-17(15)26/h3-10,22H,2,11-14H2,1H3,(H,25,30). The van der Waals surface area contributed by atoms with Gasteiger partial charge in [0.2, 0.25) is 5.91 Å². The van der Waals surface area contributed by atoms with E-state index in [4.69, 9.17) is 9.47 Å². The Morgan fingerprint density at radius 2 is 1.94 bits per heavy atom. The van der Waals surface area contributed by atoms with E-state index < -0.39 is 18.0 Å². The van der Waals surface area contributed by atoms with Crippen molar-refractivity contribution < 1.29 is 23.9 Å². The average Bonchev–Trinajstić information content (AvgIpc) is 3.40. The van der Waals surface area contributed by atoms with E-state index in [-0.39, 0.29) is 19.1 Å². The summed E-state index contributed by atoms with van der Waals surface area (Å²) in [6, 6.07) is 13.9. The molecule has 1 N–H and O–H groups in total. The molecule has 2 aromatic carbocycles. The lowest BCUT2D eigenvalue weighted by molar-refractivity contribution is -0.136. The van der Waals surface area contributed by atoms with Crippen molar-refractivity contribution in [2.24, 2.45) is 0 Å². The molecule has 0 saturated carbocycles. The third kappa shape index (κ3) is 3.28. The molecule has 164 valence electrons. The first kappa shape index (κ1) is 20.1. The van der Waals surface area contributed by atoms with Gasteiger partial charge in [-0.15, -0.1) is 0 Å². The first-order valence-electron chi connectivity index (χ1n) is 10.7. The van der Waals surface area contributed by atoms with E-state index in [0.29, 0.717) is 35.7 Å². The Morgan fingerprint density at radius 3 is 2.78 bits per heavy atom. The van der Waals surface area contributed by atoms with Crippen LogP contribution in [0.2, 0.25) is 0 Å². The third-order valence-corrected chi connectivity index (χ3v) is 6.01. The number of para-hydroxylation sites is 2. The highest BCUT2D eigenvalue weighted by Crippen LogP contribution is 2.38. The lowest BCUT2D eigenvalue weighted by Gasteiger charge is -2.33. The molecule has 0 saturated heterocycles. The Kier molecular flexibility index (Phi) is 5.05.